The van der Waals surface area contributed by atoms with Gasteiger partial charge in [-0.1, -0.05) is 24.3 Å². The molecule has 3 N–H and O–H groups in total. The van der Waals surface area contributed by atoms with Crippen molar-refractivity contribution in [2.75, 3.05) is 0 Å². The largest absolute Gasteiger partial charge is 0.350 e. The van der Waals surface area contributed by atoms with Crippen LogP contribution >= 0.6 is 12.2 Å². The molecule has 0 aliphatic carbocycles. The van der Waals surface area contributed by atoms with Gasteiger partial charge in [0.1, 0.15) is 0 Å². The van der Waals surface area contributed by atoms with Crippen LogP contribution in [0.2, 0.25) is 0 Å². The minimum absolute atomic E-state index is 0.0651. The van der Waals surface area contributed by atoms with Gasteiger partial charge in [-0.25, -0.2) is 0 Å². The molecular formula is C17H21N3O2S. The first-order valence-electron chi connectivity index (χ1n) is 7.55. The van der Waals surface area contributed by atoms with Crippen LogP contribution in [0.1, 0.15) is 41.8 Å². The summed E-state index contributed by atoms with van der Waals surface area (Å²) in [6.07, 6.45) is 0.629. The van der Waals surface area contributed by atoms with Gasteiger partial charge in [-0.05, 0) is 50.5 Å². The second kappa shape index (κ2) is 7.37. The number of H-pyrrole nitrogens is 2. The predicted molar refractivity (Wildman–Crippen MR) is 93.0 cm³/mol. The lowest BCUT2D eigenvalue weighted by Crippen LogP contribution is -2.28. The van der Waals surface area contributed by atoms with E-state index in [0.29, 0.717) is 22.4 Å². The van der Waals surface area contributed by atoms with Crippen LogP contribution in [0.15, 0.2) is 29.1 Å². The van der Waals surface area contributed by atoms with Gasteiger partial charge in [-0.15, -0.1) is 0 Å². The lowest BCUT2D eigenvalue weighted by molar-refractivity contribution is -0.121. The maximum absolute atomic E-state index is 12.1. The Morgan fingerprint density at radius 2 is 1.96 bits per heavy atom. The molecule has 1 aromatic heterocycles. The Kier molecular flexibility index (Phi) is 5.50. The molecule has 0 radical (unpaired) electrons. The maximum Gasteiger partial charge on any atom is 0.255 e. The van der Waals surface area contributed by atoms with Crippen LogP contribution in [0.3, 0.4) is 0 Å². The molecule has 0 aliphatic heterocycles. The molecule has 0 unspecified atom stereocenters. The second-order valence-electron chi connectivity index (χ2n) is 5.66. The van der Waals surface area contributed by atoms with Crippen LogP contribution in [0.4, 0.5) is 0 Å². The Morgan fingerprint density at radius 3 is 2.61 bits per heavy atom. The van der Waals surface area contributed by atoms with Gasteiger partial charge in [-0.3, -0.25) is 14.6 Å². The van der Waals surface area contributed by atoms with Crippen LogP contribution in [0, 0.1) is 18.6 Å². The number of aromatic nitrogens is 2. The van der Waals surface area contributed by atoms with Crippen molar-refractivity contribution in [3.63, 3.8) is 0 Å². The highest BCUT2D eigenvalue weighted by Crippen LogP contribution is 2.16. The van der Waals surface area contributed by atoms with E-state index in [1.807, 2.05) is 38.1 Å². The minimum atomic E-state index is -0.231. The number of hydrogen-bond acceptors (Lipinski definition) is 3. The third-order valence-corrected chi connectivity index (χ3v) is 4.09. The molecule has 0 saturated heterocycles. The molecule has 1 aromatic carbocycles. The van der Waals surface area contributed by atoms with Crippen molar-refractivity contribution in [2.24, 2.45) is 0 Å². The SMILES string of the molecule is Cc1ccccc1[C@@H](C)NC(=O)CCc1c(C)[nH]c(=S)[nH]c1=O. The van der Waals surface area contributed by atoms with Crippen molar-refractivity contribution in [3.8, 4) is 0 Å². The molecule has 6 heteroatoms. The zero-order valence-corrected chi connectivity index (χ0v) is 14.3. The number of rotatable bonds is 5. The summed E-state index contributed by atoms with van der Waals surface area (Å²) in [4.78, 5) is 29.5. The van der Waals surface area contributed by atoms with E-state index in [1.165, 1.54) is 0 Å². The number of aryl methyl sites for hydroxylation is 2. The molecule has 0 saturated carbocycles. The Bertz CT molecular complexity index is 823. The number of amides is 1. The quantitative estimate of drug-likeness (QED) is 0.737. The molecule has 0 bridgehead atoms. The van der Waals surface area contributed by atoms with Crippen molar-refractivity contribution in [1.29, 1.82) is 0 Å². The summed E-state index contributed by atoms with van der Waals surface area (Å²) < 4.78 is 0.300. The number of hydrogen-bond donors (Lipinski definition) is 3. The fourth-order valence-electron chi connectivity index (χ4n) is 2.63. The van der Waals surface area contributed by atoms with Gasteiger partial charge in [0, 0.05) is 17.7 Å². The molecule has 0 aliphatic rings. The molecule has 1 amide bonds. The maximum atomic E-state index is 12.1. The van der Waals surface area contributed by atoms with Crippen molar-refractivity contribution in [2.45, 2.75) is 39.7 Å². The summed E-state index contributed by atoms with van der Waals surface area (Å²) in [5.74, 6) is -0.0815. The molecule has 2 rings (SSSR count). The molecule has 2 aromatic rings. The number of aromatic amines is 2. The summed E-state index contributed by atoms with van der Waals surface area (Å²) in [5.41, 5.74) is 3.28. The van der Waals surface area contributed by atoms with Crippen molar-refractivity contribution in [1.82, 2.24) is 15.3 Å². The van der Waals surface area contributed by atoms with Crippen LogP contribution in [-0.2, 0) is 11.2 Å². The van der Waals surface area contributed by atoms with Gasteiger partial charge in [0.2, 0.25) is 5.91 Å². The van der Waals surface area contributed by atoms with Gasteiger partial charge in [0.25, 0.3) is 5.56 Å². The van der Waals surface area contributed by atoms with E-state index in [4.69, 9.17) is 12.2 Å². The first-order valence-corrected chi connectivity index (χ1v) is 7.96. The van der Waals surface area contributed by atoms with Gasteiger partial charge in [-0.2, -0.15) is 0 Å². The van der Waals surface area contributed by atoms with E-state index in [2.05, 4.69) is 15.3 Å². The Balaban J connectivity index is 2.00. The van der Waals surface area contributed by atoms with Crippen LogP contribution < -0.4 is 10.9 Å². The van der Waals surface area contributed by atoms with E-state index < -0.39 is 0 Å². The fourth-order valence-corrected chi connectivity index (χ4v) is 2.88. The molecule has 5 nitrogen and oxygen atoms in total. The highest BCUT2D eigenvalue weighted by Gasteiger charge is 2.13. The van der Waals surface area contributed by atoms with Crippen molar-refractivity contribution >= 4 is 18.1 Å². The minimum Gasteiger partial charge on any atom is -0.350 e. The summed E-state index contributed by atoms with van der Waals surface area (Å²) in [7, 11) is 0. The summed E-state index contributed by atoms with van der Waals surface area (Å²) in [6.45, 7) is 5.76. The molecule has 0 spiro atoms. The van der Waals surface area contributed by atoms with E-state index in [-0.39, 0.29) is 23.9 Å². The normalized spacial score (nSPS) is 12.0. The zero-order chi connectivity index (χ0) is 17.0. The molecule has 122 valence electrons. The van der Waals surface area contributed by atoms with Gasteiger partial charge in [0.15, 0.2) is 4.77 Å². The lowest BCUT2D eigenvalue weighted by atomic mass is 10.0. The van der Waals surface area contributed by atoms with E-state index in [1.54, 1.807) is 6.92 Å². The molecule has 23 heavy (non-hydrogen) atoms. The summed E-state index contributed by atoms with van der Waals surface area (Å²) >= 11 is 4.92. The van der Waals surface area contributed by atoms with Gasteiger partial charge >= 0.3 is 0 Å². The standard InChI is InChI=1S/C17H21N3O2S/c1-10-6-4-5-7-13(10)11(2)18-15(21)9-8-14-12(3)19-17(23)20-16(14)22/h4-7,11H,8-9H2,1-3H3,(H,18,21)(H2,19,20,22,23)/t11-/m1/s1. The number of carbonyl (C=O) groups excluding carboxylic acids is 1. The average molecular weight is 331 g/mol. The van der Waals surface area contributed by atoms with Crippen LogP contribution in [0.25, 0.3) is 0 Å². The fraction of sp³-hybridized carbons (Fsp3) is 0.353. The number of benzene rings is 1. The monoisotopic (exact) mass is 331 g/mol. The van der Waals surface area contributed by atoms with E-state index in [0.717, 1.165) is 11.1 Å². The Hall–Kier alpha value is -2.21. The van der Waals surface area contributed by atoms with Gasteiger partial charge < -0.3 is 10.3 Å². The number of nitrogens with one attached hydrogen (secondary N) is 3. The average Bonchev–Trinajstić information content (AvgIpc) is 2.46. The topological polar surface area (TPSA) is 77.8 Å². The first-order chi connectivity index (χ1) is 10.9. The van der Waals surface area contributed by atoms with Crippen molar-refractivity contribution in [3.05, 3.63) is 61.8 Å². The van der Waals surface area contributed by atoms with E-state index in [9.17, 15) is 9.59 Å². The van der Waals surface area contributed by atoms with Crippen LogP contribution in [-0.4, -0.2) is 15.9 Å². The summed E-state index contributed by atoms with van der Waals surface area (Å²) in [5, 5.41) is 2.98. The highest BCUT2D eigenvalue weighted by molar-refractivity contribution is 7.71. The lowest BCUT2D eigenvalue weighted by Gasteiger charge is -2.16. The highest BCUT2D eigenvalue weighted by atomic mass is 32.1. The third-order valence-electron chi connectivity index (χ3n) is 3.89. The molecular weight excluding hydrogens is 310 g/mol. The first kappa shape index (κ1) is 17.1. The summed E-state index contributed by atoms with van der Waals surface area (Å²) in [6, 6.07) is 7.89. The van der Waals surface area contributed by atoms with Gasteiger partial charge in [0.05, 0.1) is 6.04 Å². The zero-order valence-electron chi connectivity index (χ0n) is 13.5. The predicted octanol–water partition coefficient (Wildman–Crippen LogP) is 2.86. The smallest absolute Gasteiger partial charge is 0.255 e. The molecule has 1 atom stereocenters. The third kappa shape index (κ3) is 4.39. The van der Waals surface area contributed by atoms with Crippen LogP contribution in [0.5, 0.6) is 0 Å². The molecule has 1 heterocycles. The molecule has 0 fully saturated rings. The Labute approximate surface area is 140 Å². The van der Waals surface area contributed by atoms with E-state index >= 15 is 0 Å². The van der Waals surface area contributed by atoms with Crippen molar-refractivity contribution < 1.29 is 4.79 Å². The second-order valence-corrected chi connectivity index (χ2v) is 6.07. The Morgan fingerprint density at radius 1 is 1.26 bits per heavy atom. The number of carbonyl (C=O) groups is 1.